The van der Waals surface area contributed by atoms with E-state index in [4.69, 9.17) is 0 Å². The van der Waals surface area contributed by atoms with Crippen LogP contribution in [0.4, 0.5) is 0 Å². The van der Waals surface area contributed by atoms with Crippen molar-refractivity contribution in [3.8, 4) is 0 Å². The van der Waals surface area contributed by atoms with Crippen molar-refractivity contribution in [3.63, 3.8) is 0 Å². The molecular weight excluding hydrogens is 406 g/mol. The molecule has 4 unspecified atom stereocenters. The lowest BCUT2D eigenvalue weighted by atomic mass is 9.89. The maximum Gasteiger partial charge on any atom is 0.257 e. The summed E-state index contributed by atoms with van der Waals surface area (Å²) in [5.74, 6) is 0.454. The number of carbonyl (C=O) groups excluding carboxylic acids is 3. The number of thioether (sulfide) groups is 2. The van der Waals surface area contributed by atoms with Gasteiger partial charge in [-0.2, -0.15) is 0 Å². The first-order chi connectivity index (χ1) is 13.7. The second-order valence-electron chi connectivity index (χ2n) is 9.50. The Kier molecular flexibility index (Phi) is 6.06. The van der Waals surface area contributed by atoms with Gasteiger partial charge in [-0.05, 0) is 65.7 Å². The molecule has 2 aliphatic heterocycles. The van der Waals surface area contributed by atoms with Gasteiger partial charge >= 0.3 is 0 Å². The molecule has 2 aliphatic carbocycles. The molecule has 0 aromatic rings. The molecule has 0 aromatic carbocycles. The van der Waals surface area contributed by atoms with E-state index in [1.54, 1.807) is 16.7 Å². The number of amides is 3. The minimum absolute atomic E-state index is 0.0177. The van der Waals surface area contributed by atoms with Crippen molar-refractivity contribution in [2.75, 3.05) is 5.75 Å². The van der Waals surface area contributed by atoms with Crippen LogP contribution in [0.5, 0.6) is 0 Å². The van der Waals surface area contributed by atoms with Crippen molar-refractivity contribution < 1.29 is 14.4 Å². The van der Waals surface area contributed by atoms with Crippen LogP contribution in [-0.2, 0) is 14.4 Å². The number of nitrogens with one attached hydrogen (secondary N) is 2. The fraction of sp³-hybridized carbons (Fsp3) is 0.762. The topological polar surface area (TPSA) is 78.5 Å². The van der Waals surface area contributed by atoms with E-state index < -0.39 is 0 Å². The SMILES string of the molecule is CC(C)(C)NC(=O)CSC1NC2CCC(N3C(=O)C4=C(CCCC4)C3=O)CC2S1. The van der Waals surface area contributed by atoms with Gasteiger partial charge in [0.2, 0.25) is 5.91 Å². The quantitative estimate of drug-likeness (QED) is 0.659. The van der Waals surface area contributed by atoms with Crippen LogP contribution in [0.15, 0.2) is 11.1 Å². The minimum Gasteiger partial charge on any atom is -0.351 e. The molecule has 0 radical (unpaired) electrons. The molecule has 4 aliphatic rings. The number of hydrogen-bond acceptors (Lipinski definition) is 6. The average Bonchev–Trinajstić information content (AvgIpc) is 3.17. The Labute approximate surface area is 181 Å². The summed E-state index contributed by atoms with van der Waals surface area (Å²) in [4.78, 5) is 39.4. The number of nitrogens with zero attached hydrogens (tertiary/aromatic N) is 1. The van der Waals surface area contributed by atoms with Gasteiger partial charge in [0.1, 0.15) is 4.71 Å². The van der Waals surface area contributed by atoms with E-state index >= 15 is 0 Å². The van der Waals surface area contributed by atoms with E-state index in [2.05, 4.69) is 10.6 Å². The van der Waals surface area contributed by atoms with Gasteiger partial charge in [0.15, 0.2) is 0 Å². The summed E-state index contributed by atoms with van der Waals surface area (Å²) in [6, 6.07) is 0.416. The largest absolute Gasteiger partial charge is 0.351 e. The third kappa shape index (κ3) is 4.54. The standard InChI is InChI=1S/C21H31N3O3S2/c1-21(2,3)23-17(25)11-28-20-22-15-9-8-12(10-16(15)29-20)24-18(26)13-6-4-5-7-14(13)19(24)27/h12,15-16,20,22H,4-11H2,1-3H3,(H,23,25). The van der Waals surface area contributed by atoms with Crippen LogP contribution in [0, 0.1) is 0 Å². The molecule has 0 bridgehead atoms. The first kappa shape index (κ1) is 21.2. The fourth-order valence-electron chi connectivity index (χ4n) is 4.84. The lowest BCUT2D eigenvalue weighted by molar-refractivity contribution is -0.141. The molecule has 8 heteroatoms. The molecule has 1 saturated heterocycles. The molecule has 2 heterocycles. The Bertz CT molecular complexity index is 718. The van der Waals surface area contributed by atoms with Gasteiger partial charge in [0.05, 0.1) is 5.75 Å². The summed E-state index contributed by atoms with van der Waals surface area (Å²) in [6.45, 7) is 5.96. The summed E-state index contributed by atoms with van der Waals surface area (Å²) in [5, 5.41) is 7.03. The van der Waals surface area contributed by atoms with Crippen molar-refractivity contribution >= 4 is 41.2 Å². The first-order valence-corrected chi connectivity index (χ1v) is 12.7. The van der Waals surface area contributed by atoms with Gasteiger partial charge in [-0.3, -0.25) is 24.6 Å². The zero-order valence-corrected chi connectivity index (χ0v) is 19.1. The molecule has 4 rings (SSSR count). The van der Waals surface area contributed by atoms with Gasteiger partial charge in [-0.15, -0.1) is 23.5 Å². The third-order valence-electron chi connectivity index (χ3n) is 6.08. The van der Waals surface area contributed by atoms with Crippen LogP contribution in [0.2, 0.25) is 0 Å². The van der Waals surface area contributed by atoms with Crippen LogP contribution in [0.3, 0.4) is 0 Å². The second kappa shape index (κ2) is 8.27. The highest BCUT2D eigenvalue weighted by Crippen LogP contribution is 2.44. The highest BCUT2D eigenvalue weighted by atomic mass is 32.2. The van der Waals surface area contributed by atoms with E-state index in [-0.39, 0.29) is 34.0 Å². The molecule has 2 N–H and O–H groups in total. The van der Waals surface area contributed by atoms with Crippen molar-refractivity contribution in [2.24, 2.45) is 0 Å². The lowest BCUT2D eigenvalue weighted by Crippen LogP contribution is -2.48. The normalized spacial score (nSPS) is 32.4. The number of rotatable bonds is 4. The lowest BCUT2D eigenvalue weighted by Gasteiger charge is -2.35. The third-order valence-corrected chi connectivity index (χ3v) is 8.94. The molecule has 0 aromatic heterocycles. The number of imide groups is 1. The van der Waals surface area contributed by atoms with Crippen LogP contribution in [0.25, 0.3) is 0 Å². The number of hydrogen-bond donors (Lipinski definition) is 2. The Morgan fingerprint density at radius 2 is 1.83 bits per heavy atom. The maximum atomic E-state index is 12.9. The van der Waals surface area contributed by atoms with Gasteiger partial charge in [-0.25, -0.2) is 0 Å². The molecule has 2 fully saturated rings. The first-order valence-electron chi connectivity index (χ1n) is 10.7. The monoisotopic (exact) mass is 437 g/mol. The molecule has 4 atom stereocenters. The molecule has 160 valence electrons. The highest BCUT2D eigenvalue weighted by molar-refractivity contribution is 8.17. The summed E-state index contributed by atoms with van der Waals surface area (Å²) < 4.78 is 0.186. The second-order valence-corrected chi connectivity index (χ2v) is 12.2. The molecule has 0 spiro atoms. The predicted molar refractivity (Wildman–Crippen MR) is 117 cm³/mol. The van der Waals surface area contributed by atoms with E-state index in [9.17, 15) is 14.4 Å². The molecule has 6 nitrogen and oxygen atoms in total. The van der Waals surface area contributed by atoms with Crippen molar-refractivity contribution in [1.82, 2.24) is 15.5 Å². The number of fused-ring (bicyclic) bond motifs is 1. The highest BCUT2D eigenvalue weighted by Gasteiger charge is 2.47. The number of carbonyl (C=O) groups is 3. The van der Waals surface area contributed by atoms with E-state index in [1.807, 2.05) is 32.5 Å². The Morgan fingerprint density at radius 1 is 1.17 bits per heavy atom. The van der Waals surface area contributed by atoms with Gasteiger partial charge < -0.3 is 5.32 Å². The summed E-state index contributed by atoms with van der Waals surface area (Å²) in [6.07, 6.45) is 6.25. The van der Waals surface area contributed by atoms with Crippen molar-refractivity contribution in [3.05, 3.63) is 11.1 Å². The van der Waals surface area contributed by atoms with Crippen LogP contribution in [-0.4, -0.2) is 56.0 Å². The smallest absolute Gasteiger partial charge is 0.257 e. The Balaban J connectivity index is 1.31. The zero-order chi connectivity index (χ0) is 20.8. The Hall–Kier alpha value is -0.990. The predicted octanol–water partition coefficient (Wildman–Crippen LogP) is 2.78. The van der Waals surface area contributed by atoms with Crippen molar-refractivity contribution in [2.45, 2.75) is 93.3 Å². The summed E-state index contributed by atoms with van der Waals surface area (Å²) >= 11 is 3.49. The summed E-state index contributed by atoms with van der Waals surface area (Å²) in [5.41, 5.74) is 1.37. The van der Waals surface area contributed by atoms with Gasteiger partial charge in [0.25, 0.3) is 11.8 Å². The van der Waals surface area contributed by atoms with Gasteiger partial charge in [-0.1, -0.05) is 0 Å². The minimum atomic E-state index is -0.211. The average molecular weight is 438 g/mol. The van der Waals surface area contributed by atoms with Crippen molar-refractivity contribution in [1.29, 1.82) is 0 Å². The van der Waals surface area contributed by atoms with E-state index in [0.29, 0.717) is 17.0 Å². The molecule has 1 saturated carbocycles. The van der Waals surface area contributed by atoms with E-state index in [0.717, 1.165) is 56.1 Å². The van der Waals surface area contributed by atoms with Crippen LogP contribution >= 0.6 is 23.5 Å². The zero-order valence-electron chi connectivity index (χ0n) is 17.5. The molecule has 3 amide bonds. The maximum absolute atomic E-state index is 12.9. The fourth-order valence-corrected chi connectivity index (χ4v) is 7.74. The Morgan fingerprint density at radius 3 is 2.45 bits per heavy atom. The molecule has 29 heavy (non-hydrogen) atoms. The van der Waals surface area contributed by atoms with Crippen LogP contribution in [0.1, 0.15) is 65.7 Å². The van der Waals surface area contributed by atoms with E-state index in [1.165, 1.54) is 0 Å². The van der Waals surface area contributed by atoms with Gasteiger partial charge in [0, 0.05) is 34.0 Å². The van der Waals surface area contributed by atoms with Crippen LogP contribution < -0.4 is 10.6 Å². The summed E-state index contributed by atoms with van der Waals surface area (Å²) in [7, 11) is 0. The molecular formula is C21H31N3O3S2.